The summed E-state index contributed by atoms with van der Waals surface area (Å²) in [6, 6.07) is 25.9. The van der Waals surface area contributed by atoms with Gasteiger partial charge in [-0.25, -0.2) is 8.42 Å². The van der Waals surface area contributed by atoms with Gasteiger partial charge in [-0.3, -0.25) is 9.52 Å². The van der Waals surface area contributed by atoms with Gasteiger partial charge in [-0.05, 0) is 53.2 Å². The highest BCUT2D eigenvalue weighted by molar-refractivity contribution is 7.92. The molecule has 0 saturated carbocycles. The van der Waals surface area contributed by atoms with Crippen molar-refractivity contribution in [2.45, 2.75) is 4.90 Å². The maximum Gasteiger partial charge on any atom is 0.261 e. The second-order valence-corrected chi connectivity index (χ2v) is 8.72. The fourth-order valence-corrected chi connectivity index (χ4v) is 4.38. The van der Waals surface area contributed by atoms with E-state index in [1.165, 1.54) is 30.3 Å². The lowest BCUT2D eigenvalue weighted by atomic mass is 10.1. The highest BCUT2D eigenvalue weighted by Gasteiger charge is 2.16. The summed E-state index contributed by atoms with van der Waals surface area (Å²) in [6.45, 7) is 0. The molecule has 0 radical (unpaired) electrons. The highest BCUT2D eigenvalue weighted by Crippen LogP contribution is 2.25. The molecule has 4 rings (SSSR count). The van der Waals surface area contributed by atoms with Gasteiger partial charge in [-0.15, -0.1) is 0 Å². The van der Waals surface area contributed by atoms with Crippen LogP contribution in [0, 0.1) is 0 Å². The molecule has 7 heteroatoms. The molecule has 1 amide bonds. The van der Waals surface area contributed by atoms with E-state index in [1.54, 1.807) is 18.2 Å². The van der Waals surface area contributed by atoms with Gasteiger partial charge in [0.25, 0.3) is 15.9 Å². The van der Waals surface area contributed by atoms with Crippen molar-refractivity contribution in [3.05, 3.63) is 102 Å². The van der Waals surface area contributed by atoms with Crippen molar-refractivity contribution in [2.24, 2.45) is 0 Å². The van der Waals surface area contributed by atoms with E-state index in [-0.39, 0.29) is 27.1 Å². The Morgan fingerprint density at radius 1 is 0.733 bits per heavy atom. The molecule has 0 heterocycles. The first-order chi connectivity index (χ1) is 14.4. The van der Waals surface area contributed by atoms with E-state index >= 15 is 0 Å². The molecule has 5 nitrogen and oxygen atoms in total. The number of fused-ring (bicyclic) bond motifs is 1. The zero-order chi connectivity index (χ0) is 21.1. The molecule has 0 aliphatic heterocycles. The molecule has 0 bridgehead atoms. The van der Waals surface area contributed by atoms with E-state index in [9.17, 15) is 13.2 Å². The predicted molar refractivity (Wildman–Crippen MR) is 121 cm³/mol. The van der Waals surface area contributed by atoms with E-state index in [0.717, 1.165) is 10.8 Å². The molecule has 150 valence electrons. The maximum absolute atomic E-state index is 12.7. The minimum absolute atomic E-state index is 0.138. The molecule has 0 aromatic heterocycles. The van der Waals surface area contributed by atoms with Gasteiger partial charge in [-0.2, -0.15) is 0 Å². The number of anilines is 2. The first-order valence-corrected chi connectivity index (χ1v) is 11.0. The lowest BCUT2D eigenvalue weighted by Gasteiger charge is -2.11. The summed E-state index contributed by atoms with van der Waals surface area (Å²) in [5.74, 6) is -0.382. The highest BCUT2D eigenvalue weighted by atomic mass is 35.5. The van der Waals surface area contributed by atoms with E-state index in [1.807, 2.05) is 42.5 Å². The largest absolute Gasteiger partial charge is 0.322 e. The summed E-state index contributed by atoms with van der Waals surface area (Å²) in [5.41, 5.74) is 1.15. The van der Waals surface area contributed by atoms with Crippen LogP contribution in [0.4, 0.5) is 11.4 Å². The number of rotatable bonds is 5. The SMILES string of the molecule is O=C(Nc1ccc2ccccc2c1)c1ccc(NS(=O)(=O)c2ccccc2)cc1Cl. The van der Waals surface area contributed by atoms with Crippen LogP contribution in [0.2, 0.25) is 5.02 Å². The van der Waals surface area contributed by atoms with E-state index in [2.05, 4.69) is 10.0 Å². The Balaban J connectivity index is 1.53. The van der Waals surface area contributed by atoms with Crippen molar-refractivity contribution < 1.29 is 13.2 Å². The Hall–Kier alpha value is -3.35. The van der Waals surface area contributed by atoms with Gasteiger partial charge < -0.3 is 5.32 Å². The van der Waals surface area contributed by atoms with Crippen LogP contribution in [-0.4, -0.2) is 14.3 Å². The Kier molecular flexibility index (Phi) is 5.44. The average Bonchev–Trinajstić information content (AvgIpc) is 2.74. The normalized spacial score (nSPS) is 11.2. The standard InChI is InChI=1S/C23H17ClN2O3S/c24-22-15-19(26-30(28,29)20-8-2-1-3-9-20)12-13-21(22)23(27)25-18-11-10-16-6-4-5-7-17(16)14-18/h1-15,26H,(H,25,27). The Labute approximate surface area is 179 Å². The van der Waals surface area contributed by atoms with Crippen LogP contribution < -0.4 is 10.0 Å². The minimum Gasteiger partial charge on any atom is -0.322 e. The van der Waals surface area contributed by atoms with Gasteiger partial charge >= 0.3 is 0 Å². The van der Waals surface area contributed by atoms with Gasteiger partial charge in [0.15, 0.2) is 0 Å². The molecule has 0 spiro atoms. The molecule has 4 aromatic carbocycles. The number of amides is 1. The molecule has 0 saturated heterocycles. The lowest BCUT2D eigenvalue weighted by molar-refractivity contribution is 0.102. The first-order valence-electron chi connectivity index (χ1n) is 9.10. The fourth-order valence-electron chi connectivity index (χ4n) is 3.04. The van der Waals surface area contributed by atoms with Crippen molar-refractivity contribution in [1.82, 2.24) is 0 Å². The third-order valence-electron chi connectivity index (χ3n) is 4.53. The lowest BCUT2D eigenvalue weighted by Crippen LogP contribution is -2.14. The molecular weight excluding hydrogens is 420 g/mol. The second kappa shape index (κ2) is 8.18. The topological polar surface area (TPSA) is 75.3 Å². The van der Waals surface area contributed by atoms with Crippen molar-refractivity contribution >= 4 is 49.7 Å². The van der Waals surface area contributed by atoms with Crippen LogP contribution in [0.15, 0.2) is 95.9 Å². The van der Waals surface area contributed by atoms with Crippen molar-refractivity contribution in [2.75, 3.05) is 10.0 Å². The van der Waals surface area contributed by atoms with Crippen LogP contribution in [0.1, 0.15) is 10.4 Å². The summed E-state index contributed by atoms with van der Waals surface area (Å²) in [5, 5.41) is 5.04. The maximum atomic E-state index is 12.7. The van der Waals surface area contributed by atoms with Gasteiger partial charge in [0.2, 0.25) is 0 Å². The number of carbonyl (C=O) groups is 1. The number of hydrogen-bond acceptors (Lipinski definition) is 3. The first kappa shape index (κ1) is 19.9. The number of hydrogen-bond donors (Lipinski definition) is 2. The molecule has 0 unspecified atom stereocenters. The smallest absolute Gasteiger partial charge is 0.261 e. The molecule has 4 aromatic rings. The summed E-state index contributed by atoms with van der Waals surface area (Å²) >= 11 is 6.26. The monoisotopic (exact) mass is 436 g/mol. The molecule has 0 atom stereocenters. The third-order valence-corrected chi connectivity index (χ3v) is 6.24. The van der Waals surface area contributed by atoms with Crippen molar-refractivity contribution in [3.63, 3.8) is 0 Å². The molecule has 2 N–H and O–H groups in total. The number of carbonyl (C=O) groups excluding carboxylic acids is 1. The minimum atomic E-state index is -3.74. The molecule has 0 aliphatic rings. The van der Waals surface area contributed by atoms with Crippen molar-refractivity contribution in [1.29, 1.82) is 0 Å². The average molecular weight is 437 g/mol. The van der Waals surface area contributed by atoms with E-state index < -0.39 is 10.0 Å². The zero-order valence-electron chi connectivity index (χ0n) is 15.7. The number of benzene rings is 4. The number of nitrogens with one attached hydrogen (secondary N) is 2. The third kappa shape index (κ3) is 4.30. The number of sulfonamides is 1. The molecule has 30 heavy (non-hydrogen) atoms. The molecular formula is C23H17ClN2O3S. The number of halogens is 1. The van der Waals surface area contributed by atoms with Crippen LogP contribution in [0.25, 0.3) is 10.8 Å². The van der Waals surface area contributed by atoms with Crippen LogP contribution in [-0.2, 0) is 10.0 Å². The summed E-state index contributed by atoms with van der Waals surface area (Å²) in [6.07, 6.45) is 0. The van der Waals surface area contributed by atoms with Gasteiger partial charge in [0.05, 0.1) is 21.2 Å². The second-order valence-electron chi connectivity index (χ2n) is 6.63. The van der Waals surface area contributed by atoms with Crippen LogP contribution in [0.3, 0.4) is 0 Å². The summed E-state index contributed by atoms with van der Waals surface area (Å²) in [4.78, 5) is 12.8. The van der Waals surface area contributed by atoms with E-state index in [0.29, 0.717) is 5.69 Å². The van der Waals surface area contributed by atoms with Gasteiger partial charge in [-0.1, -0.05) is 60.1 Å². The Bertz CT molecular complexity index is 1340. The molecule has 0 fully saturated rings. The van der Waals surface area contributed by atoms with Crippen LogP contribution in [0.5, 0.6) is 0 Å². The Morgan fingerprint density at radius 2 is 1.40 bits per heavy atom. The molecule has 0 aliphatic carbocycles. The van der Waals surface area contributed by atoms with Gasteiger partial charge in [0, 0.05) is 5.69 Å². The van der Waals surface area contributed by atoms with Crippen molar-refractivity contribution in [3.8, 4) is 0 Å². The van der Waals surface area contributed by atoms with Gasteiger partial charge in [0.1, 0.15) is 0 Å². The predicted octanol–water partition coefficient (Wildman–Crippen LogP) is 5.55. The fraction of sp³-hybridized carbons (Fsp3) is 0. The van der Waals surface area contributed by atoms with Crippen LogP contribution >= 0.6 is 11.6 Å². The zero-order valence-corrected chi connectivity index (χ0v) is 17.2. The van der Waals surface area contributed by atoms with E-state index in [4.69, 9.17) is 11.6 Å². The summed E-state index contributed by atoms with van der Waals surface area (Å²) < 4.78 is 27.4. The summed E-state index contributed by atoms with van der Waals surface area (Å²) in [7, 11) is -3.74. The Morgan fingerprint density at radius 3 is 2.13 bits per heavy atom. The quantitative estimate of drug-likeness (QED) is 0.431.